The molecule has 0 aliphatic carbocycles. The van der Waals surface area contributed by atoms with Crippen LogP contribution in [0, 0.1) is 12.8 Å². The van der Waals surface area contributed by atoms with Crippen molar-refractivity contribution in [2.75, 3.05) is 38.4 Å². The van der Waals surface area contributed by atoms with Crippen LogP contribution in [0.3, 0.4) is 0 Å². The van der Waals surface area contributed by atoms with E-state index in [2.05, 4.69) is 24.3 Å². The molecule has 1 heterocycles. The van der Waals surface area contributed by atoms with Gasteiger partial charge in [0.15, 0.2) is 0 Å². The molecule has 1 amide bonds. The predicted molar refractivity (Wildman–Crippen MR) is 126 cm³/mol. The molecule has 0 radical (unpaired) electrons. The van der Waals surface area contributed by atoms with Crippen LogP contribution in [0.15, 0.2) is 29.2 Å². The largest absolute Gasteiger partial charge is 0.376 e. The summed E-state index contributed by atoms with van der Waals surface area (Å²) in [7, 11) is 2.91. The summed E-state index contributed by atoms with van der Waals surface area (Å²) in [6.07, 6.45) is 2.98. The van der Waals surface area contributed by atoms with Gasteiger partial charge in [-0.25, -0.2) is 12.7 Å². The van der Waals surface area contributed by atoms with E-state index in [-0.39, 0.29) is 4.90 Å². The second-order valence-corrected chi connectivity index (χ2v) is 10.6. The first-order chi connectivity index (χ1) is 14.3. The number of amides is 1. The summed E-state index contributed by atoms with van der Waals surface area (Å²) in [6.45, 7) is 6.66. The quantitative estimate of drug-likeness (QED) is 0.600. The minimum Gasteiger partial charge on any atom is -0.376 e. The highest BCUT2D eigenvalue weighted by molar-refractivity contribution is 7.89. The summed E-state index contributed by atoms with van der Waals surface area (Å²) in [5.74, 6) is -0.0262. The molecule has 1 N–H and O–H groups in total. The number of sulfonamides is 1. The smallest absolute Gasteiger partial charge is 0.248 e. The fourth-order valence-corrected chi connectivity index (χ4v) is 4.17. The molecule has 170 valence electrons. The highest BCUT2D eigenvalue weighted by Gasteiger charge is 2.20. The molecule has 0 spiro atoms. The maximum absolute atomic E-state index is 12.6. The molecule has 0 saturated heterocycles. The van der Waals surface area contributed by atoms with E-state index in [1.807, 2.05) is 21.0 Å². The number of aryl methyl sites for hydroxylation is 1. The van der Waals surface area contributed by atoms with Crippen LogP contribution in [-0.2, 0) is 21.4 Å². The number of nitrogens with zero attached hydrogens (tertiary/aromatic N) is 4. The van der Waals surface area contributed by atoms with Gasteiger partial charge in [-0.1, -0.05) is 25.4 Å². The Hall–Kier alpha value is -2.36. The fourth-order valence-electron chi connectivity index (χ4n) is 2.93. The molecule has 0 fully saturated rings. The zero-order chi connectivity index (χ0) is 23.5. The van der Waals surface area contributed by atoms with Crippen molar-refractivity contribution in [1.82, 2.24) is 14.1 Å². The first kappa shape index (κ1) is 24.9. The van der Waals surface area contributed by atoms with Crippen molar-refractivity contribution >= 4 is 45.0 Å². The maximum atomic E-state index is 12.6. The van der Waals surface area contributed by atoms with Gasteiger partial charge in [-0.2, -0.15) is 5.10 Å². The van der Waals surface area contributed by atoms with Crippen molar-refractivity contribution < 1.29 is 13.2 Å². The van der Waals surface area contributed by atoms with E-state index in [1.165, 1.54) is 32.3 Å². The Morgan fingerprint density at radius 1 is 1.26 bits per heavy atom. The third-order valence-electron chi connectivity index (χ3n) is 4.54. The zero-order valence-electron chi connectivity index (χ0n) is 19.0. The van der Waals surface area contributed by atoms with Crippen molar-refractivity contribution in [3.63, 3.8) is 0 Å². The number of halogens is 1. The number of hydrogen-bond acceptors (Lipinski definition) is 5. The molecule has 8 nitrogen and oxygen atoms in total. The first-order valence-electron chi connectivity index (χ1n) is 9.80. The lowest BCUT2D eigenvalue weighted by Crippen LogP contribution is -2.23. The van der Waals surface area contributed by atoms with Gasteiger partial charge in [0.05, 0.1) is 22.0 Å². The van der Waals surface area contributed by atoms with Gasteiger partial charge in [0.25, 0.3) is 0 Å². The average Bonchev–Trinajstić information content (AvgIpc) is 2.91. The van der Waals surface area contributed by atoms with E-state index >= 15 is 0 Å². The highest BCUT2D eigenvalue weighted by atomic mass is 35.5. The maximum Gasteiger partial charge on any atom is 0.248 e. The number of anilines is 2. The van der Waals surface area contributed by atoms with Crippen LogP contribution < -0.4 is 10.2 Å². The molecule has 10 heteroatoms. The van der Waals surface area contributed by atoms with Gasteiger partial charge in [0.1, 0.15) is 5.15 Å². The molecule has 0 unspecified atom stereocenters. The van der Waals surface area contributed by atoms with Crippen LogP contribution in [0.2, 0.25) is 5.15 Å². The number of benzene rings is 1. The normalized spacial score (nSPS) is 12.2. The average molecular weight is 468 g/mol. The van der Waals surface area contributed by atoms with Crippen molar-refractivity contribution in [3.8, 4) is 0 Å². The molecule has 2 rings (SSSR count). The van der Waals surface area contributed by atoms with Crippen LogP contribution in [0.25, 0.3) is 6.08 Å². The molecular weight excluding hydrogens is 438 g/mol. The molecule has 0 saturated carbocycles. The van der Waals surface area contributed by atoms with Crippen molar-refractivity contribution in [2.45, 2.75) is 32.2 Å². The molecule has 1 aromatic carbocycles. The summed E-state index contributed by atoms with van der Waals surface area (Å²) in [5, 5.41) is 7.67. The van der Waals surface area contributed by atoms with Crippen molar-refractivity contribution in [3.05, 3.63) is 40.7 Å². The minimum absolute atomic E-state index is 0.0937. The van der Waals surface area contributed by atoms with E-state index in [0.29, 0.717) is 34.6 Å². The SMILES string of the molecule is Cc1nn(CC(C)C)c(Cl)c1/C=C/C(=O)Nc1cc(S(=O)(=O)N(C)C)ccc1N(C)C. The lowest BCUT2D eigenvalue weighted by molar-refractivity contribution is -0.111. The summed E-state index contributed by atoms with van der Waals surface area (Å²) >= 11 is 6.42. The predicted octanol–water partition coefficient (Wildman–Crippen LogP) is 3.47. The molecule has 31 heavy (non-hydrogen) atoms. The Morgan fingerprint density at radius 3 is 2.45 bits per heavy atom. The second kappa shape index (κ2) is 9.84. The third-order valence-corrected chi connectivity index (χ3v) is 6.74. The Kier molecular flexibility index (Phi) is 7.91. The molecule has 0 bridgehead atoms. The first-order valence-corrected chi connectivity index (χ1v) is 11.6. The fraction of sp³-hybridized carbons (Fsp3) is 0.429. The molecule has 1 aromatic heterocycles. The van der Waals surface area contributed by atoms with Gasteiger partial charge in [0, 0.05) is 46.4 Å². The Bertz CT molecular complexity index is 1090. The van der Waals surface area contributed by atoms with E-state index < -0.39 is 15.9 Å². The number of carbonyl (C=O) groups excluding carboxylic acids is 1. The number of nitrogens with one attached hydrogen (secondary N) is 1. The topological polar surface area (TPSA) is 87.5 Å². The lowest BCUT2D eigenvalue weighted by atomic mass is 10.2. The van der Waals surface area contributed by atoms with Gasteiger partial charge in [-0.3, -0.25) is 9.48 Å². The standard InChI is InChI=1S/C21H30ClN5O3S/c1-14(2)13-27-21(22)17(15(3)24-27)9-11-20(28)23-18-12-16(31(29,30)26(6)7)8-10-19(18)25(4)5/h8-12,14H,13H2,1-7H3,(H,23,28)/b11-9+. The van der Waals surface area contributed by atoms with E-state index in [4.69, 9.17) is 11.6 Å². The van der Waals surface area contributed by atoms with E-state index in [0.717, 1.165) is 10.00 Å². The van der Waals surface area contributed by atoms with E-state index in [1.54, 1.807) is 21.7 Å². The minimum atomic E-state index is -3.63. The Labute approximate surface area is 189 Å². The van der Waals surface area contributed by atoms with Gasteiger partial charge in [0.2, 0.25) is 15.9 Å². The monoisotopic (exact) mass is 467 g/mol. The Morgan fingerprint density at radius 2 is 1.90 bits per heavy atom. The van der Waals surface area contributed by atoms with Gasteiger partial charge in [-0.15, -0.1) is 0 Å². The van der Waals surface area contributed by atoms with Crippen LogP contribution >= 0.6 is 11.6 Å². The lowest BCUT2D eigenvalue weighted by Gasteiger charge is -2.19. The summed E-state index contributed by atoms with van der Waals surface area (Å²) in [4.78, 5) is 14.5. The molecule has 0 aliphatic heterocycles. The molecular formula is C21H30ClN5O3S. The third kappa shape index (κ3) is 5.87. The molecule has 0 atom stereocenters. The van der Waals surface area contributed by atoms with E-state index in [9.17, 15) is 13.2 Å². The van der Waals surface area contributed by atoms with Gasteiger partial charge >= 0.3 is 0 Å². The summed E-state index contributed by atoms with van der Waals surface area (Å²) in [6, 6.07) is 4.63. The number of hydrogen-bond donors (Lipinski definition) is 1. The number of rotatable bonds is 8. The highest BCUT2D eigenvalue weighted by Crippen LogP contribution is 2.29. The van der Waals surface area contributed by atoms with Crippen LogP contribution in [-0.4, -0.2) is 56.6 Å². The van der Waals surface area contributed by atoms with Crippen LogP contribution in [0.4, 0.5) is 11.4 Å². The van der Waals surface area contributed by atoms with Gasteiger partial charge in [-0.05, 0) is 37.1 Å². The molecule has 2 aromatic rings. The van der Waals surface area contributed by atoms with Crippen molar-refractivity contribution in [1.29, 1.82) is 0 Å². The summed E-state index contributed by atoms with van der Waals surface area (Å²) in [5.41, 5.74) is 2.47. The second-order valence-electron chi connectivity index (χ2n) is 8.05. The summed E-state index contributed by atoms with van der Waals surface area (Å²) < 4.78 is 27.8. The van der Waals surface area contributed by atoms with Gasteiger partial charge < -0.3 is 10.2 Å². The van der Waals surface area contributed by atoms with Crippen LogP contribution in [0.5, 0.6) is 0 Å². The molecule has 0 aliphatic rings. The zero-order valence-corrected chi connectivity index (χ0v) is 20.5. The van der Waals surface area contributed by atoms with Crippen molar-refractivity contribution in [2.24, 2.45) is 5.92 Å². The Balaban J connectivity index is 2.32. The number of aromatic nitrogens is 2. The van der Waals surface area contributed by atoms with Crippen LogP contribution in [0.1, 0.15) is 25.1 Å². The number of carbonyl (C=O) groups is 1.